The summed E-state index contributed by atoms with van der Waals surface area (Å²) in [6, 6.07) is 3.68. The van der Waals surface area contributed by atoms with Crippen molar-refractivity contribution in [2.45, 2.75) is 12.8 Å². The van der Waals surface area contributed by atoms with Crippen LogP contribution in [0, 0.1) is 5.92 Å². The highest BCUT2D eigenvalue weighted by Gasteiger charge is 2.17. The first-order valence-corrected chi connectivity index (χ1v) is 6.34. The van der Waals surface area contributed by atoms with Gasteiger partial charge in [-0.1, -0.05) is 0 Å². The summed E-state index contributed by atoms with van der Waals surface area (Å²) in [5.41, 5.74) is 0. The first-order chi connectivity index (χ1) is 7.74. The lowest BCUT2D eigenvalue weighted by molar-refractivity contribution is 0.156. The van der Waals surface area contributed by atoms with Crippen molar-refractivity contribution in [1.82, 2.24) is 15.1 Å². The fourth-order valence-electron chi connectivity index (χ4n) is 1.81. The van der Waals surface area contributed by atoms with Crippen LogP contribution in [0.5, 0.6) is 5.88 Å². The third kappa shape index (κ3) is 3.42. The second-order valence-corrected chi connectivity index (χ2v) is 5.06. The zero-order valence-corrected chi connectivity index (χ0v) is 11.0. The van der Waals surface area contributed by atoms with Crippen LogP contribution in [0.2, 0.25) is 0 Å². The van der Waals surface area contributed by atoms with E-state index in [1.807, 2.05) is 12.1 Å². The van der Waals surface area contributed by atoms with E-state index in [-0.39, 0.29) is 0 Å². The SMILES string of the molecule is CN1CCC(COc2ccc(Br)nn2)CC1. The zero-order valence-electron chi connectivity index (χ0n) is 9.40. The Morgan fingerprint density at radius 2 is 2.12 bits per heavy atom. The molecule has 0 radical (unpaired) electrons. The second kappa shape index (κ2) is 5.59. The molecule has 1 fully saturated rings. The van der Waals surface area contributed by atoms with Crippen LogP contribution in [0.1, 0.15) is 12.8 Å². The maximum atomic E-state index is 5.62. The molecule has 2 heterocycles. The summed E-state index contributed by atoms with van der Waals surface area (Å²) < 4.78 is 6.36. The topological polar surface area (TPSA) is 38.2 Å². The summed E-state index contributed by atoms with van der Waals surface area (Å²) in [6.45, 7) is 3.09. The molecule has 4 nitrogen and oxygen atoms in total. The van der Waals surface area contributed by atoms with Gasteiger partial charge >= 0.3 is 0 Å². The molecule has 16 heavy (non-hydrogen) atoms. The molecule has 1 aliphatic heterocycles. The van der Waals surface area contributed by atoms with Crippen LogP contribution >= 0.6 is 15.9 Å². The molecule has 0 spiro atoms. The normalized spacial score (nSPS) is 18.6. The van der Waals surface area contributed by atoms with Crippen molar-refractivity contribution < 1.29 is 4.74 Å². The molecule has 0 aromatic carbocycles. The molecule has 1 saturated heterocycles. The predicted octanol–water partition coefficient (Wildman–Crippen LogP) is 1.96. The molecule has 1 aromatic rings. The molecule has 0 N–H and O–H groups in total. The number of piperidine rings is 1. The Hall–Kier alpha value is -0.680. The minimum Gasteiger partial charge on any atom is -0.476 e. The van der Waals surface area contributed by atoms with E-state index in [0.717, 1.165) is 11.2 Å². The molecule has 0 unspecified atom stereocenters. The average molecular weight is 286 g/mol. The van der Waals surface area contributed by atoms with Gasteiger partial charge in [-0.05, 0) is 60.9 Å². The lowest BCUT2D eigenvalue weighted by Gasteiger charge is -2.28. The van der Waals surface area contributed by atoms with Crippen molar-refractivity contribution in [1.29, 1.82) is 0 Å². The molecular formula is C11H16BrN3O. The number of ether oxygens (including phenoxy) is 1. The molecular weight excluding hydrogens is 270 g/mol. The van der Waals surface area contributed by atoms with Crippen molar-refractivity contribution in [3.63, 3.8) is 0 Å². The second-order valence-electron chi connectivity index (χ2n) is 4.25. The number of halogens is 1. The van der Waals surface area contributed by atoms with Gasteiger partial charge in [0, 0.05) is 6.07 Å². The summed E-state index contributed by atoms with van der Waals surface area (Å²) >= 11 is 3.25. The summed E-state index contributed by atoms with van der Waals surface area (Å²) in [5, 5.41) is 7.84. The van der Waals surface area contributed by atoms with E-state index in [0.29, 0.717) is 11.8 Å². The highest BCUT2D eigenvalue weighted by molar-refractivity contribution is 9.10. The quantitative estimate of drug-likeness (QED) is 0.851. The predicted molar refractivity (Wildman–Crippen MR) is 65.4 cm³/mol. The van der Waals surface area contributed by atoms with E-state index in [4.69, 9.17) is 4.74 Å². The van der Waals surface area contributed by atoms with Crippen molar-refractivity contribution in [2.75, 3.05) is 26.7 Å². The molecule has 88 valence electrons. The van der Waals surface area contributed by atoms with Gasteiger partial charge in [0.2, 0.25) is 5.88 Å². The summed E-state index contributed by atoms with van der Waals surface area (Å²) in [6.07, 6.45) is 2.42. The lowest BCUT2D eigenvalue weighted by atomic mass is 9.98. The summed E-state index contributed by atoms with van der Waals surface area (Å²) in [7, 11) is 2.16. The highest BCUT2D eigenvalue weighted by atomic mass is 79.9. The Kier molecular flexibility index (Phi) is 4.12. The average Bonchev–Trinajstić information content (AvgIpc) is 2.30. The van der Waals surface area contributed by atoms with Gasteiger partial charge in [-0.2, -0.15) is 0 Å². The molecule has 1 aromatic heterocycles. The Morgan fingerprint density at radius 3 is 2.75 bits per heavy atom. The standard InChI is InChI=1S/C11H16BrN3O/c1-15-6-4-9(5-7-15)8-16-11-3-2-10(12)13-14-11/h2-3,9H,4-8H2,1H3. The largest absolute Gasteiger partial charge is 0.476 e. The molecule has 0 bridgehead atoms. The van der Waals surface area contributed by atoms with E-state index >= 15 is 0 Å². The van der Waals surface area contributed by atoms with Gasteiger partial charge in [0.05, 0.1) is 6.61 Å². The van der Waals surface area contributed by atoms with E-state index in [1.54, 1.807) is 0 Å². The molecule has 5 heteroatoms. The molecule has 0 amide bonds. The first kappa shape index (κ1) is 11.8. The third-order valence-corrected chi connectivity index (χ3v) is 3.34. The number of rotatable bonds is 3. The van der Waals surface area contributed by atoms with Crippen LogP contribution in [0.25, 0.3) is 0 Å². The maximum Gasteiger partial charge on any atom is 0.233 e. The van der Waals surface area contributed by atoms with E-state index < -0.39 is 0 Å². The number of hydrogen-bond acceptors (Lipinski definition) is 4. The van der Waals surface area contributed by atoms with Crippen LogP contribution in [-0.2, 0) is 0 Å². The van der Waals surface area contributed by atoms with Gasteiger partial charge in [0.25, 0.3) is 0 Å². The monoisotopic (exact) mass is 285 g/mol. The van der Waals surface area contributed by atoms with E-state index in [2.05, 4.69) is 38.1 Å². The van der Waals surface area contributed by atoms with Crippen molar-refractivity contribution in [2.24, 2.45) is 5.92 Å². The minimum atomic E-state index is 0.613. The number of aromatic nitrogens is 2. The Labute approximate surface area is 104 Å². The van der Waals surface area contributed by atoms with E-state index in [9.17, 15) is 0 Å². The minimum absolute atomic E-state index is 0.613. The fourth-order valence-corrected chi connectivity index (χ4v) is 2.02. The van der Waals surface area contributed by atoms with Crippen molar-refractivity contribution in [3.05, 3.63) is 16.7 Å². The Bertz CT molecular complexity index is 323. The Morgan fingerprint density at radius 1 is 1.38 bits per heavy atom. The number of likely N-dealkylation sites (tertiary alicyclic amines) is 1. The number of nitrogens with zero attached hydrogens (tertiary/aromatic N) is 3. The van der Waals surface area contributed by atoms with Crippen LogP contribution in [0.3, 0.4) is 0 Å². The first-order valence-electron chi connectivity index (χ1n) is 5.54. The smallest absolute Gasteiger partial charge is 0.233 e. The van der Waals surface area contributed by atoms with Crippen molar-refractivity contribution in [3.8, 4) is 5.88 Å². The van der Waals surface area contributed by atoms with Crippen LogP contribution < -0.4 is 4.74 Å². The molecule has 2 rings (SSSR count). The maximum absolute atomic E-state index is 5.62. The van der Waals surface area contributed by atoms with Gasteiger partial charge in [-0.3, -0.25) is 0 Å². The fraction of sp³-hybridized carbons (Fsp3) is 0.636. The van der Waals surface area contributed by atoms with Gasteiger partial charge < -0.3 is 9.64 Å². The summed E-state index contributed by atoms with van der Waals surface area (Å²) in [4.78, 5) is 2.36. The highest BCUT2D eigenvalue weighted by Crippen LogP contribution is 2.17. The third-order valence-electron chi connectivity index (χ3n) is 2.91. The van der Waals surface area contributed by atoms with Gasteiger partial charge in [0.1, 0.15) is 4.60 Å². The Balaban J connectivity index is 1.77. The van der Waals surface area contributed by atoms with Gasteiger partial charge in [-0.15, -0.1) is 10.2 Å². The lowest BCUT2D eigenvalue weighted by Crippen LogP contribution is -2.32. The van der Waals surface area contributed by atoms with Crippen LogP contribution in [-0.4, -0.2) is 41.8 Å². The zero-order chi connectivity index (χ0) is 11.4. The molecule has 0 aliphatic carbocycles. The molecule has 0 saturated carbocycles. The molecule has 1 aliphatic rings. The number of hydrogen-bond donors (Lipinski definition) is 0. The van der Waals surface area contributed by atoms with Crippen LogP contribution in [0.4, 0.5) is 0 Å². The van der Waals surface area contributed by atoms with Crippen molar-refractivity contribution >= 4 is 15.9 Å². The summed E-state index contributed by atoms with van der Waals surface area (Å²) in [5.74, 6) is 1.27. The van der Waals surface area contributed by atoms with Gasteiger partial charge in [-0.25, -0.2) is 0 Å². The van der Waals surface area contributed by atoms with E-state index in [1.165, 1.54) is 25.9 Å². The molecule has 0 atom stereocenters. The van der Waals surface area contributed by atoms with Crippen LogP contribution in [0.15, 0.2) is 16.7 Å². The van der Waals surface area contributed by atoms with Gasteiger partial charge in [0.15, 0.2) is 0 Å².